The number of rotatable bonds is 8. The minimum Gasteiger partial charge on any atom is -0.439 e. The second kappa shape index (κ2) is 10.8. The number of benzene rings is 1. The molecule has 0 spiro atoms. The van der Waals surface area contributed by atoms with Gasteiger partial charge in [0.1, 0.15) is 11.6 Å². The Balaban J connectivity index is 1.66. The van der Waals surface area contributed by atoms with E-state index in [1.807, 2.05) is 19.1 Å². The zero-order chi connectivity index (χ0) is 20.5. The highest BCUT2D eigenvalue weighted by atomic mass is 19.1. The van der Waals surface area contributed by atoms with Gasteiger partial charge < -0.3 is 15.4 Å². The van der Waals surface area contributed by atoms with E-state index in [1.54, 1.807) is 18.3 Å². The summed E-state index contributed by atoms with van der Waals surface area (Å²) in [5.41, 5.74) is 0.838. The van der Waals surface area contributed by atoms with E-state index in [0.29, 0.717) is 24.2 Å². The number of pyridine rings is 1. The Bertz CT molecular complexity index is 813. The van der Waals surface area contributed by atoms with Gasteiger partial charge in [-0.25, -0.2) is 14.4 Å². The minimum atomic E-state index is -0.343. The summed E-state index contributed by atoms with van der Waals surface area (Å²) in [5.74, 6) is 1.28. The normalized spacial score (nSPS) is 17.3. The van der Waals surface area contributed by atoms with Gasteiger partial charge in [0, 0.05) is 37.0 Å². The van der Waals surface area contributed by atoms with E-state index in [2.05, 4.69) is 27.4 Å². The molecule has 1 unspecified atom stereocenters. The van der Waals surface area contributed by atoms with Gasteiger partial charge in [0.05, 0.1) is 6.54 Å². The molecular weight excluding hydrogens is 369 g/mol. The Morgan fingerprint density at radius 2 is 2.17 bits per heavy atom. The fraction of sp³-hybridized carbons (Fsp3) is 0.455. The lowest BCUT2D eigenvalue weighted by molar-refractivity contribution is 0.267. The molecule has 6 nitrogen and oxygen atoms in total. The first kappa shape index (κ1) is 21.0. The molecule has 1 aliphatic rings. The van der Waals surface area contributed by atoms with Crippen LogP contribution >= 0.6 is 0 Å². The molecule has 1 aromatic heterocycles. The van der Waals surface area contributed by atoms with E-state index in [4.69, 9.17) is 9.73 Å². The molecule has 1 atom stereocenters. The molecule has 29 heavy (non-hydrogen) atoms. The van der Waals surface area contributed by atoms with Crippen LogP contribution in [0.3, 0.4) is 0 Å². The maximum atomic E-state index is 13.4. The number of nitrogens with one attached hydrogen (secondary N) is 2. The second-order valence-electron chi connectivity index (χ2n) is 7.03. The maximum Gasteiger partial charge on any atom is 0.224 e. The van der Waals surface area contributed by atoms with Crippen LogP contribution in [0.1, 0.15) is 32.3 Å². The third-order valence-electron chi connectivity index (χ3n) is 5.02. The molecular formula is C22H30FN5O. The number of guanidine groups is 1. The van der Waals surface area contributed by atoms with Gasteiger partial charge in [0.2, 0.25) is 5.88 Å². The van der Waals surface area contributed by atoms with Crippen molar-refractivity contribution in [3.05, 3.63) is 54.0 Å². The number of nitrogens with zero attached hydrogens (tertiary/aromatic N) is 3. The van der Waals surface area contributed by atoms with Crippen LogP contribution in [0.2, 0.25) is 0 Å². The van der Waals surface area contributed by atoms with Crippen LogP contribution in [-0.4, -0.2) is 48.1 Å². The van der Waals surface area contributed by atoms with E-state index < -0.39 is 0 Å². The van der Waals surface area contributed by atoms with Crippen LogP contribution < -0.4 is 15.4 Å². The summed E-state index contributed by atoms with van der Waals surface area (Å²) in [4.78, 5) is 11.5. The van der Waals surface area contributed by atoms with Gasteiger partial charge in [0.25, 0.3) is 0 Å². The minimum absolute atomic E-state index is 0.343. The van der Waals surface area contributed by atoms with Crippen molar-refractivity contribution in [2.24, 2.45) is 4.99 Å². The summed E-state index contributed by atoms with van der Waals surface area (Å²) in [5, 5.41) is 6.76. The Kier molecular flexibility index (Phi) is 7.81. The highest BCUT2D eigenvalue weighted by molar-refractivity contribution is 5.79. The zero-order valence-corrected chi connectivity index (χ0v) is 17.2. The van der Waals surface area contributed by atoms with Crippen molar-refractivity contribution < 1.29 is 9.13 Å². The second-order valence-corrected chi connectivity index (χ2v) is 7.03. The number of halogens is 1. The lowest BCUT2D eigenvalue weighted by Crippen LogP contribution is -2.44. The Labute approximate surface area is 172 Å². The summed E-state index contributed by atoms with van der Waals surface area (Å²) in [7, 11) is 0. The van der Waals surface area contributed by atoms with Crippen LogP contribution in [-0.2, 0) is 6.54 Å². The molecule has 2 heterocycles. The van der Waals surface area contributed by atoms with Crippen LogP contribution in [0.15, 0.2) is 47.6 Å². The topological polar surface area (TPSA) is 61.8 Å². The summed E-state index contributed by atoms with van der Waals surface area (Å²) < 4.78 is 19.2. The van der Waals surface area contributed by atoms with Crippen LogP contribution in [0.4, 0.5) is 4.39 Å². The summed E-state index contributed by atoms with van der Waals surface area (Å²) >= 11 is 0. The highest BCUT2D eigenvalue weighted by Gasteiger charge is 2.22. The van der Waals surface area contributed by atoms with Gasteiger partial charge >= 0.3 is 0 Å². The Morgan fingerprint density at radius 3 is 2.97 bits per heavy atom. The number of ether oxygens (including phenoxy) is 1. The van der Waals surface area contributed by atoms with Crippen molar-refractivity contribution in [2.75, 3.05) is 26.2 Å². The van der Waals surface area contributed by atoms with E-state index >= 15 is 0 Å². The molecule has 0 aliphatic carbocycles. The van der Waals surface area contributed by atoms with Crippen molar-refractivity contribution >= 4 is 5.96 Å². The Morgan fingerprint density at radius 1 is 1.28 bits per heavy atom. The van der Waals surface area contributed by atoms with Crippen molar-refractivity contribution in [2.45, 2.75) is 39.3 Å². The standard InChI is InChI=1S/C22H30FN5O/c1-3-24-22(27-16-19-10-7-13-28(19)4-2)26-15-17-8-6-12-25-21(17)29-20-11-5-9-18(23)14-20/h5-6,8-9,11-12,14,19H,3-4,7,10,13,15-16H2,1-2H3,(H2,24,26,27). The number of aromatic nitrogens is 1. The molecule has 1 saturated heterocycles. The average Bonchev–Trinajstić information content (AvgIpc) is 3.19. The van der Waals surface area contributed by atoms with Gasteiger partial charge in [-0.3, -0.25) is 4.90 Å². The number of hydrogen-bond acceptors (Lipinski definition) is 4. The summed E-state index contributed by atoms with van der Waals surface area (Å²) in [6.07, 6.45) is 4.13. The van der Waals surface area contributed by atoms with E-state index in [1.165, 1.54) is 31.5 Å². The van der Waals surface area contributed by atoms with Gasteiger partial charge in [-0.2, -0.15) is 0 Å². The molecule has 1 fully saturated rings. The van der Waals surface area contributed by atoms with Crippen molar-refractivity contribution in [3.63, 3.8) is 0 Å². The lowest BCUT2D eigenvalue weighted by Gasteiger charge is -2.24. The van der Waals surface area contributed by atoms with Gasteiger partial charge in [0.15, 0.2) is 5.96 Å². The number of likely N-dealkylation sites (tertiary alicyclic amines) is 1. The third kappa shape index (κ3) is 6.15. The van der Waals surface area contributed by atoms with Crippen molar-refractivity contribution in [1.29, 1.82) is 0 Å². The molecule has 0 radical (unpaired) electrons. The molecule has 0 saturated carbocycles. The number of likely N-dealkylation sites (N-methyl/N-ethyl adjacent to an activating group) is 1. The van der Waals surface area contributed by atoms with Gasteiger partial charge in [-0.05, 0) is 51.1 Å². The molecule has 7 heteroatoms. The molecule has 2 aromatic rings. The molecule has 156 valence electrons. The number of aliphatic imine (C=N–C) groups is 1. The SMILES string of the molecule is CCNC(=NCc1cccnc1Oc1cccc(F)c1)NCC1CCCN1CC. The highest BCUT2D eigenvalue weighted by Crippen LogP contribution is 2.24. The quantitative estimate of drug-likeness (QED) is 0.525. The van der Waals surface area contributed by atoms with Crippen LogP contribution in [0.25, 0.3) is 0 Å². The molecule has 2 N–H and O–H groups in total. The Hall–Kier alpha value is -2.67. The van der Waals surface area contributed by atoms with E-state index in [0.717, 1.165) is 31.2 Å². The molecule has 3 rings (SSSR count). The smallest absolute Gasteiger partial charge is 0.224 e. The zero-order valence-electron chi connectivity index (χ0n) is 17.2. The largest absolute Gasteiger partial charge is 0.439 e. The molecule has 1 aromatic carbocycles. The number of hydrogen-bond donors (Lipinski definition) is 2. The van der Waals surface area contributed by atoms with Crippen LogP contribution in [0, 0.1) is 5.82 Å². The van der Waals surface area contributed by atoms with Gasteiger partial charge in [-0.15, -0.1) is 0 Å². The molecule has 1 aliphatic heterocycles. The summed E-state index contributed by atoms with van der Waals surface area (Å²) in [6, 6.07) is 10.4. The van der Waals surface area contributed by atoms with Crippen LogP contribution in [0.5, 0.6) is 11.6 Å². The molecule has 0 bridgehead atoms. The predicted molar refractivity (Wildman–Crippen MR) is 114 cm³/mol. The average molecular weight is 400 g/mol. The lowest BCUT2D eigenvalue weighted by atomic mass is 10.2. The fourth-order valence-electron chi connectivity index (χ4n) is 3.54. The van der Waals surface area contributed by atoms with E-state index in [-0.39, 0.29) is 5.82 Å². The summed E-state index contributed by atoms with van der Waals surface area (Å²) in [6.45, 7) is 8.58. The third-order valence-corrected chi connectivity index (χ3v) is 5.02. The monoisotopic (exact) mass is 399 g/mol. The van der Waals surface area contributed by atoms with Crippen molar-refractivity contribution in [3.8, 4) is 11.6 Å². The van der Waals surface area contributed by atoms with Gasteiger partial charge in [-0.1, -0.05) is 19.1 Å². The van der Waals surface area contributed by atoms with Crippen molar-refractivity contribution in [1.82, 2.24) is 20.5 Å². The molecule has 0 amide bonds. The predicted octanol–water partition coefficient (Wildman–Crippen LogP) is 3.55. The first-order chi connectivity index (χ1) is 14.2. The fourth-order valence-corrected chi connectivity index (χ4v) is 3.54. The first-order valence-corrected chi connectivity index (χ1v) is 10.3. The maximum absolute atomic E-state index is 13.4. The first-order valence-electron chi connectivity index (χ1n) is 10.3. The van der Waals surface area contributed by atoms with E-state index in [9.17, 15) is 4.39 Å².